The molecule has 0 unspecified atom stereocenters. The Labute approximate surface area is 135 Å². The highest BCUT2D eigenvalue weighted by Crippen LogP contribution is 2.34. The molecule has 0 radical (unpaired) electrons. The number of carbonyl (C=O) groups is 1. The predicted molar refractivity (Wildman–Crippen MR) is 87.0 cm³/mol. The molecule has 0 amide bonds. The minimum Gasteiger partial charge on any atom is -0.462 e. The quantitative estimate of drug-likeness (QED) is 0.512. The molecule has 0 aromatic rings. The van der Waals surface area contributed by atoms with E-state index >= 15 is 0 Å². The highest BCUT2D eigenvalue weighted by atomic mass is 16.5. The highest BCUT2D eigenvalue weighted by Gasteiger charge is 2.30. The van der Waals surface area contributed by atoms with Crippen LogP contribution in [0.25, 0.3) is 0 Å². The molecule has 2 rings (SSSR count). The molecule has 0 bridgehead atoms. The van der Waals surface area contributed by atoms with E-state index in [0.717, 1.165) is 44.4 Å². The molecule has 0 aromatic carbocycles. The molecule has 124 valence electrons. The van der Waals surface area contributed by atoms with Crippen molar-refractivity contribution >= 4 is 5.97 Å². The first-order valence-electron chi connectivity index (χ1n) is 9.33. The molecule has 0 heterocycles. The van der Waals surface area contributed by atoms with Gasteiger partial charge in [0, 0.05) is 5.92 Å². The van der Waals surface area contributed by atoms with Crippen molar-refractivity contribution in [3.05, 3.63) is 0 Å². The maximum absolute atomic E-state index is 12.3. The summed E-state index contributed by atoms with van der Waals surface area (Å²) in [5, 5.41) is 8.91. The van der Waals surface area contributed by atoms with Crippen molar-refractivity contribution in [2.75, 3.05) is 0 Å². The third-order valence-corrected chi connectivity index (χ3v) is 5.54. The fraction of sp³-hybridized carbons (Fsp3) is 0.895. The standard InChI is InChI=1S/C19H31NO2/c1-2-3-4-5-15-6-10-17(11-7-15)19(21)22-18-12-8-16(14-20)9-13-18/h15-18H,2-13H2,1H3. The van der Waals surface area contributed by atoms with Crippen LogP contribution in [0.4, 0.5) is 0 Å². The molecular weight excluding hydrogens is 274 g/mol. The second kappa shape index (κ2) is 9.18. The molecule has 22 heavy (non-hydrogen) atoms. The summed E-state index contributed by atoms with van der Waals surface area (Å²) < 4.78 is 5.71. The predicted octanol–water partition coefficient (Wildman–Crippen LogP) is 5.00. The molecule has 0 aliphatic heterocycles. The van der Waals surface area contributed by atoms with Crippen LogP contribution in [0, 0.1) is 29.1 Å². The van der Waals surface area contributed by atoms with Crippen molar-refractivity contribution < 1.29 is 9.53 Å². The average molecular weight is 305 g/mol. The molecule has 2 saturated carbocycles. The Morgan fingerprint density at radius 3 is 2.32 bits per heavy atom. The first-order chi connectivity index (χ1) is 10.7. The van der Waals surface area contributed by atoms with Gasteiger partial charge in [-0.05, 0) is 57.3 Å². The van der Waals surface area contributed by atoms with Gasteiger partial charge in [0.25, 0.3) is 0 Å². The number of rotatable bonds is 6. The molecule has 3 nitrogen and oxygen atoms in total. The third kappa shape index (κ3) is 5.30. The van der Waals surface area contributed by atoms with Gasteiger partial charge in [0.1, 0.15) is 6.10 Å². The Balaban J connectivity index is 1.64. The van der Waals surface area contributed by atoms with Gasteiger partial charge in [-0.3, -0.25) is 4.79 Å². The van der Waals surface area contributed by atoms with E-state index in [9.17, 15) is 4.79 Å². The third-order valence-electron chi connectivity index (χ3n) is 5.54. The number of hydrogen-bond donors (Lipinski definition) is 0. The molecular formula is C19H31NO2. The van der Waals surface area contributed by atoms with Gasteiger partial charge in [-0.15, -0.1) is 0 Å². The summed E-state index contributed by atoms with van der Waals surface area (Å²) >= 11 is 0. The highest BCUT2D eigenvalue weighted by molar-refractivity contribution is 5.72. The number of ether oxygens (including phenoxy) is 1. The topological polar surface area (TPSA) is 50.1 Å². The second-order valence-corrected chi connectivity index (χ2v) is 7.25. The molecule has 0 aromatic heterocycles. The van der Waals surface area contributed by atoms with E-state index in [-0.39, 0.29) is 23.9 Å². The normalized spacial score (nSPS) is 32.2. The number of nitrogens with zero attached hydrogens (tertiary/aromatic N) is 1. The van der Waals surface area contributed by atoms with Crippen molar-refractivity contribution in [2.24, 2.45) is 17.8 Å². The van der Waals surface area contributed by atoms with E-state index in [2.05, 4.69) is 13.0 Å². The minimum absolute atomic E-state index is 0.0346. The largest absolute Gasteiger partial charge is 0.462 e. The molecule has 2 aliphatic rings. The smallest absolute Gasteiger partial charge is 0.309 e. The van der Waals surface area contributed by atoms with Crippen LogP contribution in [0.1, 0.15) is 84.0 Å². The zero-order valence-electron chi connectivity index (χ0n) is 14.1. The van der Waals surface area contributed by atoms with Gasteiger partial charge in [-0.25, -0.2) is 0 Å². The number of esters is 1. The first kappa shape index (κ1) is 17.3. The zero-order valence-corrected chi connectivity index (χ0v) is 14.1. The van der Waals surface area contributed by atoms with Crippen LogP contribution >= 0.6 is 0 Å². The van der Waals surface area contributed by atoms with Crippen LogP contribution in [-0.2, 0) is 9.53 Å². The molecule has 2 fully saturated rings. The van der Waals surface area contributed by atoms with Gasteiger partial charge in [0.15, 0.2) is 0 Å². The van der Waals surface area contributed by atoms with Gasteiger partial charge < -0.3 is 4.74 Å². The zero-order chi connectivity index (χ0) is 15.8. The maximum Gasteiger partial charge on any atom is 0.309 e. The van der Waals surface area contributed by atoms with E-state index < -0.39 is 0 Å². The van der Waals surface area contributed by atoms with Crippen LogP contribution in [-0.4, -0.2) is 12.1 Å². The number of hydrogen-bond acceptors (Lipinski definition) is 3. The lowest BCUT2D eigenvalue weighted by Gasteiger charge is -2.30. The van der Waals surface area contributed by atoms with Crippen molar-refractivity contribution in [3.63, 3.8) is 0 Å². The summed E-state index contributed by atoms with van der Waals surface area (Å²) in [5.41, 5.74) is 0. The van der Waals surface area contributed by atoms with Gasteiger partial charge in [-0.2, -0.15) is 5.26 Å². The maximum atomic E-state index is 12.3. The summed E-state index contributed by atoms with van der Waals surface area (Å²) in [6, 6.07) is 2.33. The Bertz CT molecular complexity index is 371. The van der Waals surface area contributed by atoms with Gasteiger partial charge >= 0.3 is 5.97 Å². The van der Waals surface area contributed by atoms with Crippen molar-refractivity contribution in [1.29, 1.82) is 5.26 Å². The number of nitriles is 1. The number of carbonyl (C=O) groups excluding carboxylic acids is 1. The summed E-state index contributed by atoms with van der Waals surface area (Å²) in [6.07, 6.45) is 13.3. The van der Waals surface area contributed by atoms with Crippen molar-refractivity contribution in [3.8, 4) is 6.07 Å². The Morgan fingerprint density at radius 2 is 1.73 bits per heavy atom. The van der Waals surface area contributed by atoms with Crippen LogP contribution < -0.4 is 0 Å². The minimum atomic E-state index is 0.0346. The lowest BCUT2D eigenvalue weighted by molar-refractivity contribution is -0.157. The van der Waals surface area contributed by atoms with Crippen molar-refractivity contribution in [2.45, 2.75) is 90.1 Å². The Morgan fingerprint density at radius 1 is 1.05 bits per heavy atom. The lowest BCUT2D eigenvalue weighted by atomic mass is 9.79. The fourth-order valence-electron chi connectivity index (χ4n) is 3.94. The van der Waals surface area contributed by atoms with Crippen LogP contribution in [0.15, 0.2) is 0 Å². The Kier molecular flexibility index (Phi) is 7.22. The molecule has 0 atom stereocenters. The molecule has 0 spiro atoms. The van der Waals surface area contributed by atoms with Crippen LogP contribution in [0.5, 0.6) is 0 Å². The van der Waals surface area contributed by atoms with Crippen molar-refractivity contribution in [1.82, 2.24) is 0 Å². The Hall–Kier alpha value is -1.04. The van der Waals surface area contributed by atoms with Gasteiger partial charge in [0.2, 0.25) is 0 Å². The van der Waals surface area contributed by atoms with E-state index in [1.54, 1.807) is 0 Å². The first-order valence-corrected chi connectivity index (χ1v) is 9.33. The lowest BCUT2D eigenvalue weighted by Crippen LogP contribution is -2.30. The molecule has 0 saturated heterocycles. The van der Waals surface area contributed by atoms with Crippen LogP contribution in [0.2, 0.25) is 0 Å². The van der Waals surface area contributed by atoms with Gasteiger partial charge in [-0.1, -0.05) is 32.6 Å². The monoisotopic (exact) mass is 305 g/mol. The molecule has 0 N–H and O–H groups in total. The van der Waals surface area contributed by atoms with Gasteiger partial charge in [0.05, 0.1) is 12.0 Å². The summed E-state index contributed by atoms with van der Waals surface area (Å²) in [5.74, 6) is 1.18. The van der Waals surface area contributed by atoms with Crippen LogP contribution in [0.3, 0.4) is 0 Å². The number of unbranched alkanes of at least 4 members (excludes halogenated alkanes) is 2. The summed E-state index contributed by atoms with van der Waals surface area (Å²) in [6.45, 7) is 2.25. The SMILES string of the molecule is CCCCCC1CCC(C(=O)OC2CCC(C#N)CC2)CC1. The average Bonchev–Trinajstić information content (AvgIpc) is 2.56. The molecule has 3 heteroatoms. The summed E-state index contributed by atoms with van der Waals surface area (Å²) in [7, 11) is 0. The van der Waals surface area contributed by atoms with E-state index in [4.69, 9.17) is 10.00 Å². The van der Waals surface area contributed by atoms with E-state index in [1.807, 2.05) is 0 Å². The van der Waals surface area contributed by atoms with E-state index in [0.29, 0.717) is 0 Å². The van der Waals surface area contributed by atoms with E-state index in [1.165, 1.54) is 38.5 Å². The fourth-order valence-corrected chi connectivity index (χ4v) is 3.94. The molecule has 2 aliphatic carbocycles. The summed E-state index contributed by atoms with van der Waals surface area (Å²) in [4.78, 5) is 12.3. The second-order valence-electron chi connectivity index (χ2n) is 7.25.